The molecule has 1 fully saturated rings. The Labute approximate surface area is 163 Å². The first-order chi connectivity index (χ1) is 13.9. The molecular weight excluding hydrogens is 372 g/mol. The molecule has 1 saturated carbocycles. The minimum absolute atomic E-state index is 0.0830. The summed E-state index contributed by atoms with van der Waals surface area (Å²) < 4.78 is 54.2. The number of hydrogen-bond donors (Lipinski definition) is 0. The Bertz CT molecular complexity index is 893. The van der Waals surface area contributed by atoms with Crippen molar-refractivity contribution in [2.75, 3.05) is 13.5 Å². The van der Waals surface area contributed by atoms with Gasteiger partial charge in [-0.3, -0.25) is 14.9 Å². The number of ether oxygens (including phenoxy) is 1. The van der Waals surface area contributed by atoms with Crippen LogP contribution in [0.15, 0.2) is 41.8 Å². The van der Waals surface area contributed by atoms with Crippen molar-refractivity contribution in [3.05, 3.63) is 47.0 Å². The summed E-state index contributed by atoms with van der Waals surface area (Å²) >= 11 is 0. The first-order valence-corrected chi connectivity index (χ1v) is 9.95. The van der Waals surface area contributed by atoms with Gasteiger partial charge in [0.2, 0.25) is 10.0 Å². The zero-order valence-corrected chi connectivity index (χ0v) is 15.6. The Morgan fingerprint density at radius 2 is 2.04 bits per heavy atom. The summed E-state index contributed by atoms with van der Waals surface area (Å²) in [5.41, 5.74) is -1.10. The highest BCUT2D eigenvalue weighted by Crippen LogP contribution is 2.37. The van der Waals surface area contributed by atoms with Crippen LogP contribution < -0.4 is 0 Å². The third-order valence-corrected chi connectivity index (χ3v) is 6.13. The molecule has 148 valence electrons. The van der Waals surface area contributed by atoms with Gasteiger partial charge < -0.3 is 4.74 Å². The van der Waals surface area contributed by atoms with Gasteiger partial charge in [-0.2, -0.15) is 4.31 Å². The number of nitro groups is 1. The number of benzene rings is 1. The van der Waals surface area contributed by atoms with Gasteiger partial charge in [-0.1, -0.05) is 6.08 Å². The first-order valence-electron chi connectivity index (χ1n) is 10.0. The Morgan fingerprint density at radius 1 is 1.41 bits per heavy atom. The second-order valence-corrected chi connectivity index (χ2v) is 8.32. The van der Waals surface area contributed by atoms with Crippen LogP contribution in [0.25, 0.3) is 0 Å². The van der Waals surface area contributed by atoms with Crippen molar-refractivity contribution < 1.29 is 27.0 Å². The summed E-state index contributed by atoms with van der Waals surface area (Å²) in [6.07, 6.45) is 5.79. The summed E-state index contributed by atoms with van der Waals surface area (Å²) in [5.74, 6) is -0.956. The van der Waals surface area contributed by atoms with Crippen LogP contribution in [0.2, 0.25) is 0 Å². The molecule has 1 aromatic rings. The van der Waals surface area contributed by atoms with Crippen LogP contribution in [0.3, 0.4) is 0 Å². The highest BCUT2D eigenvalue weighted by atomic mass is 32.2. The lowest BCUT2D eigenvalue weighted by molar-refractivity contribution is -0.384. The number of likely N-dealkylation sites (N-methyl/N-ethyl adjacent to an activating group) is 1. The second kappa shape index (κ2) is 8.62. The van der Waals surface area contributed by atoms with E-state index in [1.54, 1.807) is 6.08 Å². The van der Waals surface area contributed by atoms with E-state index in [4.69, 9.17) is 8.85 Å². The van der Waals surface area contributed by atoms with Crippen LogP contribution in [0, 0.1) is 10.1 Å². The van der Waals surface area contributed by atoms with E-state index in [2.05, 4.69) is 6.58 Å². The lowest BCUT2D eigenvalue weighted by Gasteiger charge is -2.29. The quantitative estimate of drug-likeness (QED) is 0.273. The van der Waals surface area contributed by atoms with E-state index < -0.39 is 44.9 Å². The number of esters is 1. The summed E-state index contributed by atoms with van der Waals surface area (Å²) in [6, 6.07) is 3.76. The van der Waals surface area contributed by atoms with E-state index in [1.165, 1.54) is 0 Å². The number of sulfonamides is 1. The molecule has 0 unspecified atom stereocenters. The average Bonchev–Trinajstić information content (AvgIpc) is 3.12. The Hall–Kier alpha value is -2.26. The minimum atomic E-state index is -4.64. The Kier molecular flexibility index (Phi) is 5.39. The SMILES string of the molecule is [2H]C([2H])([2H])N(CC(=O)OC1(CCC=C)CCCC1)S(=O)(=O)c1ccc([N+](=O)[O-])cc1. The van der Waals surface area contributed by atoms with Gasteiger partial charge in [-0.15, -0.1) is 6.58 Å². The van der Waals surface area contributed by atoms with Gasteiger partial charge in [0.25, 0.3) is 5.69 Å². The van der Waals surface area contributed by atoms with Gasteiger partial charge in [0, 0.05) is 23.2 Å². The van der Waals surface area contributed by atoms with Crippen molar-refractivity contribution in [2.24, 2.45) is 0 Å². The molecule has 0 spiro atoms. The van der Waals surface area contributed by atoms with E-state index in [0.29, 0.717) is 25.7 Å². The Balaban J connectivity index is 2.25. The topological polar surface area (TPSA) is 107 Å². The maximum atomic E-state index is 12.9. The fourth-order valence-electron chi connectivity index (χ4n) is 3.13. The molecule has 0 saturated heterocycles. The van der Waals surface area contributed by atoms with E-state index in [0.717, 1.165) is 37.1 Å². The zero-order chi connectivity index (χ0) is 22.6. The summed E-state index contributed by atoms with van der Waals surface area (Å²) in [7, 11) is -4.64. The number of rotatable bonds is 9. The maximum absolute atomic E-state index is 12.9. The van der Waals surface area contributed by atoms with Crippen molar-refractivity contribution in [3.63, 3.8) is 0 Å². The van der Waals surface area contributed by atoms with Crippen molar-refractivity contribution in [1.82, 2.24) is 4.31 Å². The van der Waals surface area contributed by atoms with Crippen LogP contribution in [0.5, 0.6) is 0 Å². The largest absolute Gasteiger partial charge is 0.458 e. The Morgan fingerprint density at radius 3 is 2.56 bits per heavy atom. The molecule has 9 heteroatoms. The standard InChI is InChI=1S/C18H24N2O6S/c1-3-4-11-18(12-5-6-13-18)26-17(21)14-19(2)27(24,25)16-9-7-15(8-10-16)20(22)23/h3,7-10H,1,4-6,11-14H2,2H3/i2D3. The molecule has 0 bridgehead atoms. The molecule has 2 rings (SSSR count). The lowest BCUT2D eigenvalue weighted by Crippen LogP contribution is -2.38. The summed E-state index contributed by atoms with van der Waals surface area (Å²) in [5, 5.41) is 10.8. The number of nitrogens with zero attached hydrogens (tertiary/aromatic N) is 2. The van der Waals surface area contributed by atoms with E-state index >= 15 is 0 Å². The molecule has 0 radical (unpaired) electrons. The number of nitro benzene ring substituents is 1. The van der Waals surface area contributed by atoms with Gasteiger partial charge >= 0.3 is 5.97 Å². The van der Waals surface area contributed by atoms with Crippen molar-refractivity contribution >= 4 is 21.7 Å². The first kappa shape index (κ1) is 16.9. The summed E-state index contributed by atoms with van der Waals surface area (Å²) in [6.45, 7) is -0.493. The van der Waals surface area contributed by atoms with Crippen molar-refractivity contribution in [1.29, 1.82) is 0 Å². The van der Waals surface area contributed by atoms with Crippen molar-refractivity contribution in [3.8, 4) is 0 Å². The molecule has 0 N–H and O–H groups in total. The minimum Gasteiger partial charge on any atom is -0.458 e. The fourth-order valence-corrected chi connectivity index (χ4v) is 4.14. The highest BCUT2D eigenvalue weighted by molar-refractivity contribution is 7.89. The molecule has 27 heavy (non-hydrogen) atoms. The van der Waals surface area contributed by atoms with Gasteiger partial charge in [0.05, 0.1) is 9.82 Å². The third kappa shape index (κ3) is 5.14. The predicted molar refractivity (Wildman–Crippen MR) is 99.6 cm³/mol. The molecule has 0 atom stereocenters. The van der Waals surface area contributed by atoms with Crippen LogP contribution in [-0.4, -0.2) is 42.7 Å². The molecule has 0 aliphatic heterocycles. The number of carbonyl (C=O) groups is 1. The molecule has 0 heterocycles. The third-order valence-electron chi connectivity index (χ3n) is 4.56. The smallest absolute Gasteiger partial charge is 0.321 e. The van der Waals surface area contributed by atoms with Gasteiger partial charge in [-0.25, -0.2) is 8.42 Å². The fraction of sp³-hybridized carbons (Fsp3) is 0.500. The summed E-state index contributed by atoms with van der Waals surface area (Å²) in [4.78, 5) is 22.1. The molecule has 0 amide bonds. The number of carbonyl (C=O) groups excluding carboxylic acids is 1. The number of non-ortho nitro benzene ring substituents is 1. The van der Waals surface area contributed by atoms with Gasteiger partial charge in [-0.05, 0) is 50.7 Å². The van der Waals surface area contributed by atoms with Crippen molar-refractivity contribution in [2.45, 2.75) is 49.0 Å². The maximum Gasteiger partial charge on any atom is 0.321 e. The van der Waals surface area contributed by atoms with Crippen LogP contribution >= 0.6 is 0 Å². The van der Waals surface area contributed by atoms with Crippen LogP contribution in [0.1, 0.15) is 42.6 Å². The lowest BCUT2D eigenvalue weighted by atomic mass is 9.95. The average molecular weight is 399 g/mol. The van der Waals surface area contributed by atoms with E-state index in [-0.39, 0.29) is 9.99 Å². The molecular formula is C18H24N2O6S. The monoisotopic (exact) mass is 399 g/mol. The highest BCUT2D eigenvalue weighted by Gasteiger charge is 2.37. The van der Waals surface area contributed by atoms with Gasteiger partial charge in [0.1, 0.15) is 12.1 Å². The second-order valence-electron chi connectivity index (χ2n) is 6.45. The molecule has 0 aromatic heterocycles. The zero-order valence-electron chi connectivity index (χ0n) is 17.8. The normalized spacial score (nSPS) is 18.3. The van der Waals surface area contributed by atoms with E-state index in [9.17, 15) is 23.3 Å². The van der Waals surface area contributed by atoms with Gasteiger partial charge in [0.15, 0.2) is 0 Å². The van der Waals surface area contributed by atoms with Crippen LogP contribution in [0.4, 0.5) is 5.69 Å². The molecule has 8 nitrogen and oxygen atoms in total. The predicted octanol–water partition coefficient (Wildman–Crippen LogP) is 3.04. The molecule has 1 aromatic carbocycles. The number of allylic oxidation sites excluding steroid dienone is 1. The van der Waals surface area contributed by atoms with E-state index in [1.807, 2.05) is 0 Å². The molecule has 1 aliphatic carbocycles. The number of hydrogen-bond acceptors (Lipinski definition) is 6. The van der Waals surface area contributed by atoms with Crippen LogP contribution in [-0.2, 0) is 19.6 Å². The molecule has 1 aliphatic rings.